The molecule has 21 heavy (non-hydrogen) atoms. The van der Waals surface area contributed by atoms with E-state index >= 15 is 0 Å². The minimum Gasteiger partial charge on any atom is -0.507 e. The van der Waals surface area contributed by atoms with Gasteiger partial charge in [0, 0.05) is 11.9 Å². The Bertz CT molecular complexity index is 881. The van der Waals surface area contributed by atoms with Gasteiger partial charge < -0.3 is 9.52 Å². The van der Waals surface area contributed by atoms with Crippen molar-refractivity contribution in [1.29, 1.82) is 0 Å². The summed E-state index contributed by atoms with van der Waals surface area (Å²) in [5.41, 5.74) is 2.35. The van der Waals surface area contributed by atoms with Gasteiger partial charge in [-0.25, -0.2) is 4.98 Å². The van der Waals surface area contributed by atoms with Gasteiger partial charge in [-0.2, -0.15) is 4.98 Å². The summed E-state index contributed by atoms with van der Waals surface area (Å²) in [5.74, 6) is 0.398. The average molecular weight is 279 g/mol. The Balaban J connectivity index is 1.89. The standard InChI is InChI=1S/C14H9N5O2/c20-11-4-3-9(19-7-16-17-8-19)6-10(11)14-18-13-12(21-14)2-1-5-15-13/h1-8,20H. The van der Waals surface area contributed by atoms with Gasteiger partial charge in [0.05, 0.1) is 5.56 Å². The molecule has 7 nitrogen and oxygen atoms in total. The smallest absolute Gasteiger partial charge is 0.232 e. The van der Waals surface area contributed by atoms with Crippen LogP contribution < -0.4 is 0 Å². The Morgan fingerprint density at radius 3 is 2.76 bits per heavy atom. The highest BCUT2D eigenvalue weighted by atomic mass is 16.4. The van der Waals surface area contributed by atoms with Gasteiger partial charge in [0.25, 0.3) is 0 Å². The number of rotatable bonds is 2. The summed E-state index contributed by atoms with van der Waals surface area (Å²) in [4.78, 5) is 8.41. The molecule has 1 aromatic carbocycles. The molecule has 0 radical (unpaired) electrons. The van der Waals surface area contributed by atoms with Crippen molar-refractivity contribution in [1.82, 2.24) is 24.7 Å². The highest BCUT2D eigenvalue weighted by Crippen LogP contribution is 2.32. The number of nitrogens with zero attached hydrogens (tertiary/aromatic N) is 5. The molecule has 0 aliphatic rings. The summed E-state index contributed by atoms with van der Waals surface area (Å²) in [5, 5.41) is 17.6. The molecule has 0 atom stereocenters. The van der Waals surface area contributed by atoms with Crippen molar-refractivity contribution < 1.29 is 9.52 Å². The van der Waals surface area contributed by atoms with Gasteiger partial charge in [0.1, 0.15) is 18.4 Å². The zero-order valence-electron chi connectivity index (χ0n) is 10.7. The molecule has 0 spiro atoms. The number of phenolic OH excluding ortho intramolecular Hbond substituents is 1. The lowest BCUT2D eigenvalue weighted by Gasteiger charge is -2.05. The highest BCUT2D eigenvalue weighted by Gasteiger charge is 2.14. The summed E-state index contributed by atoms with van der Waals surface area (Å²) >= 11 is 0. The molecular weight excluding hydrogens is 270 g/mol. The van der Waals surface area contributed by atoms with Crippen molar-refractivity contribution in [3.63, 3.8) is 0 Å². The van der Waals surface area contributed by atoms with E-state index in [4.69, 9.17) is 4.42 Å². The fourth-order valence-electron chi connectivity index (χ4n) is 2.07. The molecule has 3 aromatic heterocycles. The Morgan fingerprint density at radius 2 is 1.95 bits per heavy atom. The van der Waals surface area contributed by atoms with Crippen molar-refractivity contribution in [3.8, 4) is 22.9 Å². The predicted molar refractivity (Wildman–Crippen MR) is 73.8 cm³/mol. The van der Waals surface area contributed by atoms with Gasteiger partial charge in [0.15, 0.2) is 11.2 Å². The van der Waals surface area contributed by atoms with E-state index in [1.807, 2.05) is 0 Å². The molecule has 4 rings (SSSR count). The van der Waals surface area contributed by atoms with Crippen LogP contribution in [0, 0.1) is 0 Å². The van der Waals surface area contributed by atoms with Crippen LogP contribution in [-0.2, 0) is 0 Å². The number of fused-ring (bicyclic) bond motifs is 1. The van der Waals surface area contributed by atoms with Gasteiger partial charge >= 0.3 is 0 Å². The number of aromatic hydroxyl groups is 1. The third kappa shape index (κ3) is 1.91. The second-order valence-electron chi connectivity index (χ2n) is 4.41. The van der Waals surface area contributed by atoms with E-state index in [1.165, 1.54) is 0 Å². The number of pyridine rings is 1. The normalized spacial score (nSPS) is 11.0. The molecule has 0 unspecified atom stereocenters. The van der Waals surface area contributed by atoms with Crippen LogP contribution in [0.25, 0.3) is 28.4 Å². The van der Waals surface area contributed by atoms with Gasteiger partial charge in [-0.05, 0) is 30.3 Å². The van der Waals surface area contributed by atoms with E-state index in [1.54, 1.807) is 53.8 Å². The summed E-state index contributed by atoms with van der Waals surface area (Å²) in [6.45, 7) is 0. The first-order valence-corrected chi connectivity index (χ1v) is 6.21. The molecule has 0 saturated carbocycles. The van der Waals surface area contributed by atoms with Crippen molar-refractivity contribution in [3.05, 3.63) is 49.2 Å². The molecule has 7 heteroatoms. The van der Waals surface area contributed by atoms with Crippen molar-refractivity contribution in [2.75, 3.05) is 0 Å². The maximum Gasteiger partial charge on any atom is 0.232 e. The minimum absolute atomic E-state index is 0.0818. The Morgan fingerprint density at radius 1 is 1.10 bits per heavy atom. The summed E-state index contributed by atoms with van der Waals surface area (Å²) in [7, 11) is 0. The average Bonchev–Trinajstić information content (AvgIpc) is 3.17. The molecule has 0 amide bonds. The van der Waals surface area contributed by atoms with Gasteiger partial charge in [-0.3, -0.25) is 4.57 Å². The maximum absolute atomic E-state index is 10.1. The van der Waals surface area contributed by atoms with Gasteiger partial charge in [-0.1, -0.05) is 0 Å². The number of hydrogen-bond donors (Lipinski definition) is 1. The van der Waals surface area contributed by atoms with E-state index in [9.17, 15) is 5.11 Å². The van der Waals surface area contributed by atoms with Crippen LogP contribution in [0.4, 0.5) is 0 Å². The number of oxazole rings is 1. The summed E-state index contributed by atoms with van der Waals surface area (Å²) < 4.78 is 7.36. The molecule has 1 N–H and O–H groups in total. The second-order valence-corrected chi connectivity index (χ2v) is 4.41. The van der Waals surface area contributed by atoms with Crippen molar-refractivity contribution in [2.45, 2.75) is 0 Å². The molecule has 0 aliphatic carbocycles. The summed E-state index contributed by atoms with van der Waals surface area (Å²) in [6.07, 6.45) is 4.79. The van der Waals surface area contributed by atoms with E-state index < -0.39 is 0 Å². The van der Waals surface area contributed by atoms with Crippen molar-refractivity contribution >= 4 is 11.2 Å². The molecule has 0 aliphatic heterocycles. The molecule has 102 valence electrons. The van der Waals surface area contributed by atoms with Crippen LogP contribution in [-0.4, -0.2) is 29.8 Å². The molecular formula is C14H9N5O2. The Hall–Kier alpha value is -3.22. The third-order valence-corrected chi connectivity index (χ3v) is 3.09. The third-order valence-electron chi connectivity index (χ3n) is 3.09. The first-order valence-electron chi connectivity index (χ1n) is 6.21. The van der Waals surface area contributed by atoms with Crippen LogP contribution in [0.3, 0.4) is 0 Å². The molecule has 0 saturated heterocycles. The predicted octanol–water partition coefficient (Wildman–Crippen LogP) is 2.18. The first kappa shape index (κ1) is 11.6. The topological polar surface area (TPSA) is 89.9 Å². The van der Waals surface area contributed by atoms with E-state index in [0.29, 0.717) is 22.7 Å². The van der Waals surface area contributed by atoms with E-state index in [-0.39, 0.29) is 5.75 Å². The minimum atomic E-state index is 0.0818. The quantitative estimate of drug-likeness (QED) is 0.604. The largest absolute Gasteiger partial charge is 0.507 e. The lowest BCUT2D eigenvalue weighted by molar-refractivity contribution is 0.474. The van der Waals surface area contributed by atoms with Gasteiger partial charge in [0.2, 0.25) is 5.89 Å². The van der Waals surface area contributed by atoms with Gasteiger partial charge in [-0.15, -0.1) is 10.2 Å². The first-order chi connectivity index (χ1) is 10.3. The molecule has 0 fully saturated rings. The van der Waals surface area contributed by atoms with E-state index in [2.05, 4.69) is 20.2 Å². The molecule has 3 heterocycles. The summed E-state index contributed by atoms with van der Waals surface area (Å²) in [6, 6.07) is 8.63. The highest BCUT2D eigenvalue weighted by molar-refractivity contribution is 5.74. The lowest BCUT2D eigenvalue weighted by Crippen LogP contribution is -1.91. The Labute approximate surface area is 118 Å². The lowest BCUT2D eigenvalue weighted by atomic mass is 10.1. The van der Waals surface area contributed by atoms with Crippen LogP contribution in [0.1, 0.15) is 0 Å². The van der Waals surface area contributed by atoms with Crippen LogP contribution >= 0.6 is 0 Å². The van der Waals surface area contributed by atoms with Crippen LogP contribution in [0.2, 0.25) is 0 Å². The van der Waals surface area contributed by atoms with Crippen molar-refractivity contribution in [2.24, 2.45) is 0 Å². The SMILES string of the molecule is Oc1ccc(-n2cnnc2)cc1-c1nc2ncccc2o1. The maximum atomic E-state index is 10.1. The fraction of sp³-hybridized carbons (Fsp3) is 0. The number of hydrogen-bond acceptors (Lipinski definition) is 6. The Kier molecular flexibility index (Phi) is 2.43. The van der Waals surface area contributed by atoms with Crippen LogP contribution in [0.15, 0.2) is 53.6 Å². The zero-order chi connectivity index (χ0) is 14.2. The zero-order valence-corrected chi connectivity index (χ0v) is 10.7. The fourth-order valence-corrected chi connectivity index (χ4v) is 2.07. The molecule has 0 bridgehead atoms. The number of aromatic nitrogens is 5. The molecule has 4 aromatic rings. The van der Waals surface area contributed by atoms with Crippen LogP contribution in [0.5, 0.6) is 5.75 Å². The number of benzene rings is 1. The number of phenols is 1. The monoisotopic (exact) mass is 279 g/mol. The second kappa shape index (κ2) is 4.41. The van der Waals surface area contributed by atoms with E-state index in [0.717, 1.165) is 5.69 Å².